The molecule has 0 unspecified atom stereocenters. The van der Waals surface area contributed by atoms with Crippen molar-refractivity contribution < 1.29 is 0 Å². The predicted molar refractivity (Wildman–Crippen MR) is 64.6 cm³/mol. The van der Waals surface area contributed by atoms with E-state index in [0.29, 0.717) is 5.92 Å². The molecule has 0 bridgehead atoms. The highest BCUT2D eigenvalue weighted by Gasteiger charge is 2.19. The first-order valence-electron chi connectivity index (χ1n) is 5.70. The Bertz CT molecular complexity index is 331. The predicted octanol–water partition coefficient (Wildman–Crippen LogP) is 3.74. The molecule has 80 valence electrons. The van der Waals surface area contributed by atoms with Crippen LogP contribution in [0.4, 0.5) is 0 Å². The summed E-state index contributed by atoms with van der Waals surface area (Å²) in [6.07, 6.45) is 10.2. The number of hydrogen-bond donors (Lipinski definition) is 1. The van der Waals surface area contributed by atoms with Gasteiger partial charge in [-0.3, -0.25) is 0 Å². The van der Waals surface area contributed by atoms with E-state index < -0.39 is 0 Å². The third-order valence-electron chi connectivity index (χ3n) is 3.17. The summed E-state index contributed by atoms with van der Waals surface area (Å²) in [6.45, 7) is 7.55. The normalized spacial score (nSPS) is 17.6. The van der Waals surface area contributed by atoms with Crippen LogP contribution < -0.4 is 0 Å². The summed E-state index contributed by atoms with van der Waals surface area (Å²) in [5.74, 6) is 1.74. The van der Waals surface area contributed by atoms with Crippen LogP contribution in [-0.4, -0.2) is 9.97 Å². The van der Waals surface area contributed by atoms with Crippen molar-refractivity contribution in [3.05, 3.63) is 30.4 Å². The summed E-state index contributed by atoms with van der Waals surface area (Å²) in [5.41, 5.74) is 1.94. The molecule has 0 amide bonds. The molecule has 2 heteroatoms. The van der Waals surface area contributed by atoms with Crippen LogP contribution in [0.3, 0.4) is 0 Å². The van der Waals surface area contributed by atoms with Crippen molar-refractivity contribution in [1.82, 2.24) is 9.97 Å². The molecule has 1 heterocycles. The Morgan fingerprint density at radius 3 is 2.40 bits per heavy atom. The van der Waals surface area contributed by atoms with E-state index in [-0.39, 0.29) is 0 Å². The van der Waals surface area contributed by atoms with E-state index in [1.165, 1.54) is 32.1 Å². The number of nitrogens with one attached hydrogen (secondary N) is 1. The number of H-pyrrole nitrogens is 1. The molecule has 1 aliphatic carbocycles. The fourth-order valence-corrected chi connectivity index (χ4v) is 2.30. The minimum absolute atomic E-state index is 0.617. The molecule has 2 rings (SSSR count). The SMILES string of the molecule is C=Cc1nc(C2CCCCC2)[nH]c1C=C. The third-order valence-corrected chi connectivity index (χ3v) is 3.17. The van der Waals surface area contributed by atoms with Gasteiger partial charge in [0.2, 0.25) is 0 Å². The molecule has 1 aromatic rings. The lowest BCUT2D eigenvalue weighted by molar-refractivity contribution is 0.430. The van der Waals surface area contributed by atoms with E-state index in [1.807, 2.05) is 6.08 Å². The molecule has 0 aromatic carbocycles. The Balaban J connectivity index is 2.23. The van der Waals surface area contributed by atoms with Gasteiger partial charge >= 0.3 is 0 Å². The highest BCUT2D eigenvalue weighted by molar-refractivity contribution is 5.57. The first-order chi connectivity index (χ1) is 7.35. The van der Waals surface area contributed by atoms with E-state index >= 15 is 0 Å². The number of aromatic amines is 1. The second-order valence-corrected chi connectivity index (χ2v) is 4.16. The van der Waals surface area contributed by atoms with Crippen LogP contribution in [0.5, 0.6) is 0 Å². The number of aromatic nitrogens is 2. The maximum absolute atomic E-state index is 4.58. The molecule has 0 radical (unpaired) electrons. The quantitative estimate of drug-likeness (QED) is 0.794. The molecule has 1 N–H and O–H groups in total. The standard InChI is InChI=1S/C13H18N2/c1-3-11-12(4-2)15-13(14-11)10-8-6-5-7-9-10/h3-4,10H,1-2,5-9H2,(H,14,15). The van der Waals surface area contributed by atoms with Crippen molar-refractivity contribution in [3.63, 3.8) is 0 Å². The molecule has 1 fully saturated rings. The molecule has 15 heavy (non-hydrogen) atoms. The lowest BCUT2D eigenvalue weighted by Crippen LogP contribution is -2.06. The zero-order chi connectivity index (χ0) is 10.7. The number of rotatable bonds is 3. The number of nitrogens with zero attached hydrogens (tertiary/aromatic N) is 1. The highest BCUT2D eigenvalue weighted by Crippen LogP contribution is 2.31. The molecule has 1 saturated carbocycles. The minimum Gasteiger partial charge on any atom is -0.342 e. The smallest absolute Gasteiger partial charge is 0.110 e. The summed E-state index contributed by atoms with van der Waals surface area (Å²) in [6, 6.07) is 0. The third kappa shape index (κ3) is 2.04. The van der Waals surface area contributed by atoms with E-state index in [9.17, 15) is 0 Å². The van der Waals surface area contributed by atoms with Gasteiger partial charge in [0, 0.05) is 5.92 Å². The van der Waals surface area contributed by atoms with Crippen LogP contribution in [0, 0.1) is 0 Å². The molecular weight excluding hydrogens is 184 g/mol. The van der Waals surface area contributed by atoms with Gasteiger partial charge in [-0.15, -0.1) is 0 Å². The van der Waals surface area contributed by atoms with Crippen LogP contribution >= 0.6 is 0 Å². The zero-order valence-corrected chi connectivity index (χ0v) is 9.13. The van der Waals surface area contributed by atoms with Crippen molar-refractivity contribution in [2.45, 2.75) is 38.0 Å². The maximum atomic E-state index is 4.58. The zero-order valence-electron chi connectivity index (χ0n) is 9.13. The van der Waals surface area contributed by atoms with Gasteiger partial charge in [0.05, 0.1) is 11.4 Å². The average Bonchev–Trinajstić information content (AvgIpc) is 2.73. The Morgan fingerprint density at radius 2 is 1.87 bits per heavy atom. The molecular formula is C13H18N2. The number of imidazole rings is 1. The van der Waals surface area contributed by atoms with Gasteiger partial charge in [0.25, 0.3) is 0 Å². The number of hydrogen-bond acceptors (Lipinski definition) is 1. The topological polar surface area (TPSA) is 28.7 Å². The molecule has 1 aliphatic rings. The summed E-state index contributed by atoms with van der Waals surface area (Å²) >= 11 is 0. The van der Waals surface area contributed by atoms with Crippen molar-refractivity contribution in [2.24, 2.45) is 0 Å². The van der Waals surface area contributed by atoms with Crippen molar-refractivity contribution in [3.8, 4) is 0 Å². The second-order valence-electron chi connectivity index (χ2n) is 4.16. The second kappa shape index (κ2) is 4.47. The minimum atomic E-state index is 0.617. The Hall–Kier alpha value is -1.31. The van der Waals surface area contributed by atoms with Gasteiger partial charge in [-0.2, -0.15) is 0 Å². The Kier molecular flexibility index (Phi) is 3.05. The monoisotopic (exact) mass is 202 g/mol. The maximum Gasteiger partial charge on any atom is 0.110 e. The largest absolute Gasteiger partial charge is 0.342 e. The van der Waals surface area contributed by atoms with Gasteiger partial charge in [-0.1, -0.05) is 32.4 Å². The van der Waals surface area contributed by atoms with Crippen molar-refractivity contribution in [2.75, 3.05) is 0 Å². The summed E-state index contributed by atoms with van der Waals surface area (Å²) in [4.78, 5) is 7.93. The van der Waals surface area contributed by atoms with E-state index in [0.717, 1.165) is 17.2 Å². The molecule has 2 nitrogen and oxygen atoms in total. The summed E-state index contributed by atoms with van der Waals surface area (Å²) in [5, 5.41) is 0. The van der Waals surface area contributed by atoms with E-state index in [1.54, 1.807) is 6.08 Å². The first kappa shape index (κ1) is 10.2. The first-order valence-corrected chi connectivity index (χ1v) is 5.70. The Labute approximate surface area is 91.1 Å². The molecule has 0 aliphatic heterocycles. The average molecular weight is 202 g/mol. The van der Waals surface area contributed by atoms with E-state index in [2.05, 4.69) is 23.1 Å². The van der Waals surface area contributed by atoms with Crippen molar-refractivity contribution >= 4 is 12.2 Å². The highest BCUT2D eigenvalue weighted by atomic mass is 14.9. The van der Waals surface area contributed by atoms with Gasteiger partial charge in [0.15, 0.2) is 0 Å². The van der Waals surface area contributed by atoms with Crippen LogP contribution in [0.25, 0.3) is 12.2 Å². The van der Waals surface area contributed by atoms with Crippen LogP contribution in [-0.2, 0) is 0 Å². The van der Waals surface area contributed by atoms with E-state index in [4.69, 9.17) is 0 Å². The lowest BCUT2D eigenvalue weighted by Gasteiger charge is -2.19. The van der Waals surface area contributed by atoms with Gasteiger partial charge in [-0.05, 0) is 25.0 Å². The fraction of sp³-hybridized carbons (Fsp3) is 0.462. The van der Waals surface area contributed by atoms with Crippen LogP contribution in [0.1, 0.15) is 55.2 Å². The molecule has 0 spiro atoms. The Morgan fingerprint density at radius 1 is 1.13 bits per heavy atom. The molecule has 1 aromatic heterocycles. The van der Waals surface area contributed by atoms with Crippen LogP contribution in [0.2, 0.25) is 0 Å². The summed E-state index contributed by atoms with van der Waals surface area (Å²) < 4.78 is 0. The van der Waals surface area contributed by atoms with Crippen molar-refractivity contribution in [1.29, 1.82) is 0 Å². The molecule has 0 saturated heterocycles. The van der Waals surface area contributed by atoms with Gasteiger partial charge < -0.3 is 4.98 Å². The van der Waals surface area contributed by atoms with Gasteiger partial charge in [0.1, 0.15) is 5.82 Å². The fourth-order valence-electron chi connectivity index (χ4n) is 2.30. The summed E-state index contributed by atoms with van der Waals surface area (Å²) in [7, 11) is 0. The lowest BCUT2D eigenvalue weighted by atomic mass is 9.89. The van der Waals surface area contributed by atoms with Crippen LogP contribution in [0.15, 0.2) is 13.2 Å². The molecule has 0 atom stereocenters. The van der Waals surface area contributed by atoms with Gasteiger partial charge in [-0.25, -0.2) is 4.98 Å².